The maximum absolute atomic E-state index is 11.0. The van der Waals surface area contributed by atoms with Crippen molar-refractivity contribution in [2.45, 2.75) is 31.4 Å². The van der Waals surface area contributed by atoms with Gasteiger partial charge in [0.25, 0.3) is 0 Å². The van der Waals surface area contributed by atoms with Crippen molar-refractivity contribution in [2.24, 2.45) is 11.7 Å². The van der Waals surface area contributed by atoms with E-state index in [1.54, 1.807) is 0 Å². The second-order valence-electron chi connectivity index (χ2n) is 3.26. The van der Waals surface area contributed by atoms with Crippen LogP contribution >= 0.6 is 0 Å². The lowest BCUT2D eigenvalue weighted by Crippen LogP contribution is -2.42. The zero-order chi connectivity index (χ0) is 9.14. The summed E-state index contributed by atoms with van der Waals surface area (Å²) < 4.78 is 4.58. The molecule has 3 N–H and O–H groups in total. The Kier molecular flexibility index (Phi) is 3.05. The van der Waals surface area contributed by atoms with Crippen LogP contribution in [-0.2, 0) is 9.53 Å². The fourth-order valence-corrected chi connectivity index (χ4v) is 1.55. The highest BCUT2D eigenvalue weighted by Gasteiger charge is 2.31. The van der Waals surface area contributed by atoms with Crippen LogP contribution in [0.15, 0.2) is 0 Å². The van der Waals surface area contributed by atoms with Gasteiger partial charge in [0, 0.05) is 6.04 Å². The van der Waals surface area contributed by atoms with Crippen molar-refractivity contribution in [2.75, 3.05) is 7.11 Å². The summed E-state index contributed by atoms with van der Waals surface area (Å²) in [5.41, 5.74) is 5.58. The van der Waals surface area contributed by atoms with Crippen molar-refractivity contribution in [1.29, 1.82) is 0 Å². The zero-order valence-corrected chi connectivity index (χ0v) is 7.19. The fraction of sp³-hybridized carbons (Fsp3) is 0.875. The van der Waals surface area contributed by atoms with Crippen molar-refractivity contribution >= 4 is 5.97 Å². The van der Waals surface area contributed by atoms with Gasteiger partial charge in [-0.2, -0.15) is 0 Å². The van der Waals surface area contributed by atoms with Crippen LogP contribution in [0.2, 0.25) is 0 Å². The van der Waals surface area contributed by atoms with Crippen LogP contribution in [0.3, 0.4) is 0 Å². The highest BCUT2D eigenvalue weighted by molar-refractivity contribution is 5.72. The summed E-state index contributed by atoms with van der Waals surface area (Å²) in [6.07, 6.45) is 1.31. The van der Waals surface area contributed by atoms with Gasteiger partial charge in [0.2, 0.25) is 0 Å². The van der Waals surface area contributed by atoms with Crippen molar-refractivity contribution in [3.05, 3.63) is 0 Å². The second-order valence-corrected chi connectivity index (χ2v) is 3.26. The van der Waals surface area contributed by atoms with Gasteiger partial charge in [-0.15, -0.1) is 0 Å². The zero-order valence-electron chi connectivity index (χ0n) is 7.19. The summed E-state index contributed by atoms with van der Waals surface area (Å²) in [5, 5.41) is 9.36. The number of hydrogen-bond acceptors (Lipinski definition) is 4. The molecule has 0 aromatic rings. The average Bonchev–Trinajstić information content (AvgIpc) is 2.08. The summed E-state index contributed by atoms with van der Waals surface area (Å²) in [6.45, 7) is 0. The molecular formula is C8H15NO3. The first-order valence-electron chi connectivity index (χ1n) is 4.16. The van der Waals surface area contributed by atoms with E-state index in [-0.39, 0.29) is 17.9 Å². The monoisotopic (exact) mass is 173 g/mol. The van der Waals surface area contributed by atoms with E-state index in [0.29, 0.717) is 12.8 Å². The maximum atomic E-state index is 11.0. The predicted octanol–water partition coefficient (Wildman–Crippen LogP) is -0.352. The van der Waals surface area contributed by atoms with Gasteiger partial charge in [-0.25, -0.2) is 0 Å². The van der Waals surface area contributed by atoms with E-state index in [2.05, 4.69) is 4.74 Å². The number of aliphatic hydroxyl groups excluding tert-OH is 1. The standard InChI is InChI=1S/C8H15NO3/c1-12-8(11)5-2-3-6(9)7(10)4-5/h5-7,10H,2-4,9H2,1H3/t5-,6-,7-/m0/s1. The fourth-order valence-electron chi connectivity index (χ4n) is 1.55. The van der Waals surface area contributed by atoms with Crippen LogP contribution in [0.4, 0.5) is 0 Å². The third kappa shape index (κ3) is 1.95. The quantitative estimate of drug-likeness (QED) is 0.531. The Hall–Kier alpha value is -0.610. The minimum atomic E-state index is -0.553. The van der Waals surface area contributed by atoms with E-state index < -0.39 is 6.10 Å². The van der Waals surface area contributed by atoms with Gasteiger partial charge >= 0.3 is 5.97 Å². The first-order chi connectivity index (χ1) is 5.65. The summed E-state index contributed by atoms with van der Waals surface area (Å²) in [6, 6.07) is -0.175. The molecule has 0 aromatic heterocycles. The Morgan fingerprint density at radius 2 is 2.25 bits per heavy atom. The molecule has 0 spiro atoms. The highest BCUT2D eigenvalue weighted by atomic mass is 16.5. The topological polar surface area (TPSA) is 72.5 Å². The first-order valence-corrected chi connectivity index (χ1v) is 4.16. The average molecular weight is 173 g/mol. The number of carbonyl (C=O) groups is 1. The van der Waals surface area contributed by atoms with Crippen molar-refractivity contribution in [3.63, 3.8) is 0 Å². The molecule has 4 heteroatoms. The molecule has 1 fully saturated rings. The Bertz CT molecular complexity index is 172. The highest BCUT2D eigenvalue weighted by Crippen LogP contribution is 2.24. The molecular weight excluding hydrogens is 158 g/mol. The van der Waals surface area contributed by atoms with E-state index in [0.717, 1.165) is 6.42 Å². The molecule has 0 radical (unpaired) electrons. The third-order valence-corrected chi connectivity index (χ3v) is 2.40. The van der Waals surface area contributed by atoms with E-state index in [4.69, 9.17) is 5.73 Å². The lowest BCUT2D eigenvalue weighted by molar-refractivity contribution is -0.148. The number of esters is 1. The van der Waals surface area contributed by atoms with Crippen LogP contribution in [0.1, 0.15) is 19.3 Å². The molecule has 0 aromatic carbocycles. The van der Waals surface area contributed by atoms with Gasteiger partial charge in [0.1, 0.15) is 0 Å². The Balaban J connectivity index is 2.45. The molecule has 1 rings (SSSR count). The van der Waals surface area contributed by atoms with E-state index in [9.17, 15) is 9.90 Å². The molecule has 1 aliphatic carbocycles. The van der Waals surface area contributed by atoms with Crippen LogP contribution in [0.25, 0.3) is 0 Å². The Morgan fingerprint density at radius 3 is 2.75 bits per heavy atom. The number of nitrogens with two attached hydrogens (primary N) is 1. The van der Waals surface area contributed by atoms with Crippen LogP contribution in [-0.4, -0.2) is 30.3 Å². The van der Waals surface area contributed by atoms with Gasteiger partial charge in [-0.3, -0.25) is 4.79 Å². The number of ether oxygens (including phenoxy) is 1. The van der Waals surface area contributed by atoms with Crippen molar-refractivity contribution < 1.29 is 14.6 Å². The number of rotatable bonds is 1. The maximum Gasteiger partial charge on any atom is 0.308 e. The molecule has 4 nitrogen and oxygen atoms in total. The molecule has 0 heterocycles. The van der Waals surface area contributed by atoms with Crippen LogP contribution in [0.5, 0.6) is 0 Å². The summed E-state index contributed by atoms with van der Waals surface area (Å²) in [5.74, 6) is -0.397. The molecule has 1 aliphatic rings. The number of hydrogen-bond donors (Lipinski definition) is 2. The molecule has 3 atom stereocenters. The summed E-state index contributed by atoms with van der Waals surface area (Å²) in [4.78, 5) is 11.0. The van der Waals surface area contributed by atoms with E-state index >= 15 is 0 Å². The molecule has 12 heavy (non-hydrogen) atoms. The van der Waals surface area contributed by atoms with Gasteiger partial charge < -0.3 is 15.6 Å². The van der Waals surface area contributed by atoms with E-state index in [1.807, 2.05) is 0 Å². The van der Waals surface area contributed by atoms with Gasteiger partial charge in [-0.1, -0.05) is 0 Å². The molecule has 70 valence electrons. The second kappa shape index (κ2) is 3.87. The summed E-state index contributed by atoms with van der Waals surface area (Å²) >= 11 is 0. The number of carbonyl (C=O) groups excluding carboxylic acids is 1. The predicted molar refractivity (Wildman–Crippen MR) is 43.3 cm³/mol. The van der Waals surface area contributed by atoms with E-state index in [1.165, 1.54) is 7.11 Å². The van der Waals surface area contributed by atoms with Crippen molar-refractivity contribution in [1.82, 2.24) is 0 Å². The largest absolute Gasteiger partial charge is 0.469 e. The first kappa shape index (κ1) is 9.48. The smallest absolute Gasteiger partial charge is 0.308 e. The molecule has 0 bridgehead atoms. The molecule has 0 saturated heterocycles. The molecule has 1 saturated carbocycles. The van der Waals surface area contributed by atoms with Gasteiger partial charge in [0.05, 0.1) is 19.1 Å². The lowest BCUT2D eigenvalue weighted by Gasteiger charge is -2.28. The van der Waals surface area contributed by atoms with Crippen molar-refractivity contribution in [3.8, 4) is 0 Å². The normalized spacial score (nSPS) is 36.1. The van der Waals surface area contributed by atoms with Crippen LogP contribution in [0, 0.1) is 5.92 Å². The SMILES string of the molecule is COC(=O)[C@H]1CC[C@H](N)[C@@H](O)C1. The number of aliphatic hydroxyl groups is 1. The Labute approximate surface area is 71.7 Å². The minimum absolute atomic E-state index is 0.162. The molecule has 0 unspecified atom stereocenters. The van der Waals surface area contributed by atoms with Gasteiger partial charge in [-0.05, 0) is 19.3 Å². The Morgan fingerprint density at radius 1 is 1.58 bits per heavy atom. The molecule has 0 aliphatic heterocycles. The number of methoxy groups -OCH3 is 1. The minimum Gasteiger partial charge on any atom is -0.469 e. The summed E-state index contributed by atoms with van der Waals surface area (Å²) in [7, 11) is 1.36. The third-order valence-electron chi connectivity index (χ3n) is 2.40. The molecule has 0 amide bonds. The lowest BCUT2D eigenvalue weighted by atomic mass is 9.84. The van der Waals surface area contributed by atoms with Gasteiger partial charge in [0.15, 0.2) is 0 Å². The van der Waals surface area contributed by atoms with Crippen LogP contribution < -0.4 is 5.73 Å².